The predicted molar refractivity (Wildman–Crippen MR) is 104 cm³/mol. The second-order valence-corrected chi connectivity index (χ2v) is 7.95. The smallest absolute Gasteiger partial charge is 0.120 e. The molecule has 2 aliphatic carbocycles. The molecule has 0 aromatic heterocycles. The summed E-state index contributed by atoms with van der Waals surface area (Å²) in [4.78, 5) is 0. The van der Waals surface area contributed by atoms with Gasteiger partial charge in [0.15, 0.2) is 0 Å². The first-order valence-electron chi connectivity index (χ1n) is 9.89. The van der Waals surface area contributed by atoms with E-state index in [0.29, 0.717) is 13.2 Å². The Balaban J connectivity index is 1.66. The number of rotatable bonds is 5. The zero-order valence-electron chi connectivity index (χ0n) is 15.4. The van der Waals surface area contributed by atoms with Gasteiger partial charge in [0.05, 0.1) is 5.60 Å². The molecule has 0 unspecified atom stereocenters. The molecule has 2 aromatic rings. The fraction of sp³-hybridized carbons (Fsp3) is 0.478. The zero-order valence-corrected chi connectivity index (χ0v) is 15.4. The van der Waals surface area contributed by atoms with Crippen LogP contribution in [0.2, 0.25) is 0 Å². The fourth-order valence-corrected chi connectivity index (χ4v) is 5.20. The van der Waals surface area contributed by atoms with Crippen LogP contribution in [0.3, 0.4) is 0 Å². The van der Waals surface area contributed by atoms with Crippen LogP contribution >= 0.6 is 0 Å². The molecule has 0 radical (unpaired) electrons. The lowest BCUT2D eigenvalue weighted by Crippen LogP contribution is -2.57. The molecule has 3 nitrogen and oxygen atoms in total. The van der Waals surface area contributed by atoms with Crippen molar-refractivity contribution in [2.75, 3.05) is 6.54 Å². The molecule has 2 aromatic carbocycles. The van der Waals surface area contributed by atoms with Crippen molar-refractivity contribution in [1.82, 2.24) is 0 Å². The van der Waals surface area contributed by atoms with Gasteiger partial charge >= 0.3 is 0 Å². The van der Waals surface area contributed by atoms with E-state index >= 15 is 0 Å². The van der Waals surface area contributed by atoms with Crippen LogP contribution in [0.4, 0.5) is 0 Å². The van der Waals surface area contributed by atoms with Crippen LogP contribution in [-0.4, -0.2) is 17.3 Å². The van der Waals surface area contributed by atoms with E-state index in [9.17, 15) is 5.11 Å². The van der Waals surface area contributed by atoms with Crippen LogP contribution in [0.15, 0.2) is 48.5 Å². The van der Waals surface area contributed by atoms with Crippen molar-refractivity contribution in [3.05, 3.63) is 65.2 Å². The topological polar surface area (TPSA) is 55.5 Å². The van der Waals surface area contributed by atoms with E-state index in [1.54, 1.807) is 0 Å². The molecule has 3 N–H and O–H groups in total. The summed E-state index contributed by atoms with van der Waals surface area (Å²) in [5.41, 5.74) is 8.98. The molecule has 3 heteroatoms. The van der Waals surface area contributed by atoms with Gasteiger partial charge in [0.25, 0.3) is 0 Å². The minimum absolute atomic E-state index is 0.209. The van der Waals surface area contributed by atoms with Gasteiger partial charge in [-0.3, -0.25) is 0 Å². The van der Waals surface area contributed by atoms with Crippen molar-refractivity contribution in [2.45, 2.75) is 62.6 Å². The minimum Gasteiger partial charge on any atom is -0.489 e. The lowest BCUT2D eigenvalue weighted by molar-refractivity contribution is -0.0862. The molecule has 0 saturated heterocycles. The van der Waals surface area contributed by atoms with E-state index in [2.05, 4.69) is 30.3 Å². The molecule has 2 aliphatic rings. The van der Waals surface area contributed by atoms with Crippen molar-refractivity contribution >= 4 is 0 Å². The number of hydrogen-bond donors (Lipinski definition) is 2. The molecule has 0 spiro atoms. The van der Waals surface area contributed by atoms with Crippen LogP contribution in [0, 0.1) is 0 Å². The average Bonchev–Trinajstić information content (AvgIpc) is 2.68. The Morgan fingerprint density at radius 3 is 2.62 bits per heavy atom. The highest BCUT2D eigenvalue weighted by Gasteiger charge is 2.54. The second-order valence-electron chi connectivity index (χ2n) is 7.95. The Bertz CT molecular complexity index is 756. The summed E-state index contributed by atoms with van der Waals surface area (Å²) in [6.07, 6.45) is 6.83. The first-order valence-corrected chi connectivity index (χ1v) is 9.89. The largest absolute Gasteiger partial charge is 0.489 e. The molecule has 26 heavy (non-hydrogen) atoms. The Morgan fingerprint density at radius 2 is 1.81 bits per heavy atom. The standard InChI is InChI=1S/C23H29NO2/c24-15-14-22-11-4-5-12-23(22,25)13-10-19-8-9-20(16-21(19)22)26-17-18-6-2-1-3-7-18/h1-3,6-9,16,25H,4-5,10-15,17,24H2/t22-,23+/m0/s1. The molecule has 138 valence electrons. The van der Waals surface area contributed by atoms with Crippen molar-refractivity contribution in [1.29, 1.82) is 0 Å². The summed E-state index contributed by atoms with van der Waals surface area (Å²) < 4.78 is 6.08. The summed E-state index contributed by atoms with van der Waals surface area (Å²) in [6, 6.07) is 16.7. The van der Waals surface area contributed by atoms with Crippen LogP contribution < -0.4 is 10.5 Å². The second kappa shape index (κ2) is 7.05. The molecule has 0 amide bonds. The van der Waals surface area contributed by atoms with Crippen LogP contribution in [0.5, 0.6) is 5.75 Å². The van der Waals surface area contributed by atoms with Gasteiger partial charge in [-0.05, 0) is 67.5 Å². The summed E-state index contributed by atoms with van der Waals surface area (Å²) in [5, 5.41) is 11.5. The number of ether oxygens (including phenoxy) is 1. The summed E-state index contributed by atoms with van der Waals surface area (Å²) in [6.45, 7) is 1.17. The Kier molecular flexibility index (Phi) is 4.76. The van der Waals surface area contributed by atoms with Gasteiger partial charge < -0.3 is 15.6 Å². The highest BCUT2D eigenvalue weighted by molar-refractivity contribution is 5.46. The van der Waals surface area contributed by atoms with Gasteiger partial charge in [0, 0.05) is 5.41 Å². The molecule has 1 fully saturated rings. The Hall–Kier alpha value is -1.84. The third kappa shape index (κ3) is 2.93. The van der Waals surface area contributed by atoms with Gasteiger partial charge in [0.1, 0.15) is 12.4 Å². The number of hydrogen-bond acceptors (Lipinski definition) is 3. The zero-order chi connectivity index (χ0) is 18.0. The average molecular weight is 351 g/mol. The maximum absolute atomic E-state index is 11.5. The van der Waals surface area contributed by atoms with Gasteiger partial charge in [-0.2, -0.15) is 0 Å². The van der Waals surface area contributed by atoms with E-state index in [-0.39, 0.29) is 5.41 Å². The normalized spacial score (nSPS) is 27.5. The predicted octanol–water partition coefficient (Wildman–Crippen LogP) is 4.10. The number of benzene rings is 2. The highest BCUT2D eigenvalue weighted by Crippen LogP contribution is 2.55. The van der Waals surface area contributed by atoms with Gasteiger partial charge in [-0.25, -0.2) is 0 Å². The first kappa shape index (κ1) is 17.6. The monoisotopic (exact) mass is 351 g/mol. The van der Waals surface area contributed by atoms with E-state index in [1.165, 1.54) is 11.1 Å². The number of nitrogens with two attached hydrogens (primary N) is 1. The van der Waals surface area contributed by atoms with Crippen LogP contribution in [-0.2, 0) is 18.4 Å². The molecule has 4 rings (SSSR count). The number of aliphatic hydroxyl groups is 1. The third-order valence-corrected chi connectivity index (χ3v) is 6.56. The number of aryl methyl sites for hydroxylation is 1. The highest BCUT2D eigenvalue weighted by atomic mass is 16.5. The Morgan fingerprint density at radius 1 is 1.00 bits per heavy atom. The van der Waals surface area contributed by atoms with E-state index in [0.717, 1.165) is 56.3 Å². The molecular weight excluding hydrogens is 322 g/mol. The summed E-state index contributed by atoms with van der Waals surface area (Å²) in [5.74, 6) is 0.888. The minimum atomic E-state index is -0.615. The maximum atomic E-state index is 11.5. The van der Waals surface area contributed by atoms with Crippen molar-refractivity contribution in [3.63, 3.8) is 0 Å². The first-order chi connectivity index (χ1) is 12.7. The molecule has 0 bridgehead atoms. The maximum Gasteiger partial charge on any atom is 0.120 e. The van der Waals surface area contributed by atoms with Gasteiger partial charge in [0.2, 0.25) is 0 Å². The SMILES string of the molecule is NCC[C@]12CCCC[C@@]1(O)CCc1ccc(OCc3ccccc3)cc12. The van der Waals surface area contributed by atoms with Crippen molar-refractivity contribution < 1.29 is 9.84 Å². The lowest BCUT2D eigenvalue weighted by atomic mass is 9.53. The lowest BCUT2D eigenvalue weighted by Gasteiger charge is -2.54. The molecular formula is C23H29NO2. The third-order valence-electron chi connectivity index (χ3n) is 6.56. The summed E-state index contributed by atoms with van der Waals surface area (Å²) in [7, 11) is 0. The van der Waals surface area contributed by atoms with Crippen LogP contribution in [0.25, 0.3) is 0 Å². The van der Waals surface area contributed by atoms with Gasteiger partial charge in [-0.1, -0.05) is 49.2 Å². The molecule has 0 aliphatic heterocycles. The van der Waals surface area contributed by atoms with Crippen LogP contribution in [0.1, 0.15) is 55.2 Å². The fourth-order valence-electron chi connectivity index (χ4n) is 5.20. The molecule has 2 atom stereocenters. The van der Waals surface area contributed by atoms with E-state index < -0.39 is 5.60 Å². The molecule has 0 heterocycles. The quantitative estimate of drug-likeness (QED) is 0.852. The summed E-state index contributed by atoms with van der Waals surface area (Å²) >= 11 is 0. The van der Waals surface area contributed by atoms with Gasteiger partial charge in [-0.15, -0.1) is 0 Å². The van der Waals surface area contributed by atoms with E-state index in [1.807, 2.05) is 18.2 Å². The van der Waals surface area contributed by atoms with Crippen molar-refractivity contribution in [2.24, 2.45) is 5.73 Å². The Labute approximate surface area is 156 Å². The number of fused-ring (bicyclic) bond motifs is 3. The van der Waals surface area contributed by atoms with E-state index in [4.69, 9.17) is 10.5 Å². The van der Waals surface area contributed by atoms with Crippen molar-refractivity contribution in [3.8, 4) is 5.75 Å². The molecule has 1 saturated carbocycles.